The number of ether oxygens (including phenoxy) is 1. The molecule has 2 atom stereocenters. The predicted octanol–water partition coefficient (Wildman–Crippen LogP) is 0.802. The van der Waals surface area contributed by atoms with Gasteiger partial charge in [-0.25, -0.2) is 0 Å². The summed E-state index contributed by atoms with van der Waals surface area (Å²) < 4.78 is 5.32. The normalized spacial score (nSPS) is 31.0. The van der Waals surface area contributed by atoms with Gasteiger partial charge in [0.1, 0.15) is 0 Å². The van der Waals surface area contributed by atoms with E-state index in [0.29, 0.717) is 6.61 Å². The summed E-state index contributed by atoms with van der Waals surface area (Å²) in [7, 11) is 0. The smallest absolute Gasteiger partial charge is 0.0698 e. The van der Waals surface area contributed by atoms with Crippen LogP contribution < -0.4 is 0 Å². The number of hydrogen-bond acceptors (Lipinski definition) is 4. The highest BCUT2D eigenvalue weighted by Gasteiger charge is 2.28. The number of aliphatic hydroxyl groups is 1. The minimum atomic E-state index is 0.133. The Morgan fingerprint density at radius 3 is 2.50 bits per heavy atom. The van der Waals surface area contributed by atoms with E-state index < -0.39 is 0 Å². The van der Waals surface area contributed by atoms with Gasteiger partial charge in [0.2, 0.25) is 0 Å². The minimum Gasteiger partial charge on any atom is -0.394 e. The summed E-state index contributed by atoms with van der Waals surface area (Å²) in [6.07, 6.45) is 4.22. The Kier molecular flexibility index (Phi) is 5.89. The molecule has 0 aromatic carbocycles. The third-order valence-electron chi connectivity index (χ3n) is 4.38. The maximum atomic E-state index is 8.64. The Hall–Kier alpha value is -0.160. The Morgan fingerprint density at radius 1 is 1.11 bits per heavy atom. The third kappa shape index (κ3) is 4.19. The lowest BCUT2D eigenvalue weighted by Crippen LogP contribution is -2.50. The van der Waals surface area contributed by atoms with Crippen molar-refractivity contribution >= 4 is 0 Å². The molecule has 18 heavy (non-hydrogen) atoms. The second kappa shape index (κ2) is 7.43. The van der Waals surface area contributed by atoms with Crippen LogP contribution in [0.5, 0.6) is 0 Å². The lowest BCUT2D eigenvalue weighted by atomic mass is 10.1. The van der Waals surface area contributed by atoms with Crippen LogP contribution in [0.1, 0.15) is 26.2 Å². The Morgan fingerprint density at radius 2 is 1.89 bits per heavy atom. The van der Waals surface area contributed by atoms with Gasteiger partial charge in [0, 0.05) is 38.8 Å². The highest BCUT2D eigenvalue weighted by atomic mass is 16.5. The molecule has 0 aromatic heterocycles. The molecule has 0 aromatic rings. The maximum Gasteiger partial charge on any atom is 0.0698 e. The number of piperazine rings is 1. The van der Waals surface area contributed by atoms with E-state index >= 15 is 0 Å². The monoisotopic (exact) mass is 256 g/mol. The zero-order valence-corrected chi connectivity index (χ0v) is 11.7. The van der Waals surface area contributed by atoms with Crippen LogP contribution in [0.3, 0.4) is 0 Å². The summed E-state index contributed by atoms with van der Waals surface area (Å²) in [5.74, 6) is 0.930. The van der Waals surface area contributed by atoms with E-state index in [2.05, 4.69) is 16.7 Å². The molecule has 0 spiro atoms. The zero-order valence-electron chi connectivity index (χ0n) is 11.7. The van der Waals surface area contributed by atoms with E-state index in [-0.39, 0.29) is 6.61 Å². The van der Waals surface area contributed by atoms with Crippen LogP contribution in [0.4, 0.5) is 0 Å². The fraction of sp³-hybridized carbons (Fsp3) is 1.00. The van der Waals surface area contributed by atoms with Crippen molar-refractivity contribution < 1.29 is 9.84 Å². The van der Waals surface area contributed by atoms with Crippen LogP contribution in [0.25, 0.3) is 0 Å². The molecular weight excluding hydrogens is 228 g/mol. The molecule has 2 aliphatic rings. The van der Waals surface area contributed by atoms with Gasteiger partial charge in [-0.1, -0.05) is 6.92 Å². The number of nitrogens with zero attached hydrogens (tertiary/aromatic N) is 2. The maximum absolute atomic E-state index is 8.64. The first-order valence-corrected chi connectivity index (χ1v) is 7.44. The van der Waals surface area contributed by atoms with E-state index in [1.165, 1.54) is 45.4 Å². The van der Waals surface area contributed by atoms with E-state index in [1.54, 1.807) is 0 Å². The second-order valence-electron chi connectivity index (χ2n) is 5.79. The average molecular weight is 256 g/mol. The molecule has 2 fully saturated rings. The Labute approximate surface area is 111 Å². The van der Waals surface area contributed by atoms with Crippen LogP contribution in [-0.2, 0) is 4.74 Å². The first-order valence-electron chi connectivity index (χ1n) is 7.44. The van der Waals surface area contributed by atoms with Gasteiger partial charge >= 0.3 is 0 Å². The highest BCUT2D eigenvalue weighted by Crippen LogP contribution is 2.29. The van der Waals surface area contributed by atoms with Crippen LogP contribution in [0, 0.1) is 5.92 Å². The Balaban J connectivity index is 1.59. The van der Waals surface area contributed by atoms with Gasteiger partial charge in [-0.15, -0.1) is 0 Å². The highest BCUT2D eigenvalue weighted by molar-refractivity contribution is 4.84. The summed E-state index contributed by atoms with van der Waals surface area (Å²) in [6.45, 7) is 9.54. The molecule has 106 valence electrons. The molecular formula is C14H28N2O2. The van der Waals surface area contributed by atoms with Crippen molar-refractivity contribution in [1.29, 1.82) is 0 Å². The van der Waals surface area contributed by atoms with Crippen molar-refractivity contribution in [1.82, 2.24) is 9.80 Å². The van der Waals surface area contributed by atoms with E-state index in [4.69, 9.17) is 9.84 Å². The van der Waals surface area contributed by atoms with Gasteiger partial charge in [-0.2, -0.15) is 0 Å². The van der Waals surface area contributed by atoms with Gasteiger partial charge in [-0.05, 0) is 25.2 Å². The molecule has 4 heteroatoms. The van der Waals surface area contributed by atoms with Crippen LogP contribution in [-0.4, -0.2) is 73.5 Å². The summed E-state index contributed by atoms with van der Waals surface area (Å²) >= 11 is 0. The molecule has 4 nitrogen and oxygen atoms in total. The second-order valence-corrected chi connectivity index (χ2v) is 5.79. The Bertz CT molecular complexity index is 230. The van der Waals surface area contributed by atoms with Gasteiger partial charge in [-0.3, -0.25) is 9.80 Å². The summed E-state index contributed by atoms with van der Waals surface area (Å²) in [6, 6.07) is 0.854. The van der Waals surface area contributed by atoms with E-state index in [1.807, 2.05) is 0 Å². The molecule has 1 aliphatic heterocycles. The first-order chi connectivity index (χ1) is 8.79. The SMILES string of the molecule is C[C@@H]1CC[C@H](N2CCN(CCOCCO)CC2)C1. The van der Waals surface area contributed by atoms with E-state index in [0.717, 1.165) is 25.1 Å². The number of hydrogen-bond donors (Lipinski definition) is 1. The third-order valence-corrected chi connectivity index (χ3v) is 4.38. The van der Waals surface area contributed by atoms with Crippen molar-refractivity contribution in [2.24, 2.45) is 5.92 Å². The standard InChI is InChI=1S/C14H28N2O2/c1-13-2-3-14(12-13)16-6-4-15(5-7-16)8-10-18-11-9-17/h13-14,17H,2-12H2,1H3/t13-,14+/m1/s1. The molecule has 0 unspecified atom stereocenters. The molecule has 1 saturated carbocycles. The summed E-state index contributed by atoms with van der Waals surface area (Å²) in [5, 5.41) is 8.64. The minimum absolute atomic E-state index is 0.133. The molecule has 0 amide bonds. The van der Waals surface area contributed by atoms with Crippen molar-refractivity contribution in [2.75, 3.05) is 52.5 Å². The lowest BCUT2D eigenvalue weighted by molar-refractivity contribution is 0.0488. The van der Waals surface area contributed by atoms with Crippen LogP contribution >= 0.6 is 0 Å². The van der Waals surface area contributed by atoms with Crippen molar-refractivity contribution in [3.63, 3.8) is 0 Å². The fourth-order valence-corrected chi connectivity index (χ4v) is 3.22. The van der Waals surface area contributed by atoms with Gasteiger partial charge in [0.05, 0.1) is 19.8 Å². The number of rotatable bonds is 6. The van der Waals surface area contributed by atoms with Crippen molar-refractivity contribution in [3.8, 4) is 0 Å². The van der Waals surface area contributed by atoms with Crippen molar-refractivity contribution in [3.05, 3.63) is 0 Å². The quantitative estimate of drug-likeness (QED) is 0.713. The number of aliphatic hydroxyl groups excluding tert-OH is 1. The molecule has 0 bridgehead atoms. The fourth-order valence-electron chi connectivity index (χ4n) is 3.22. The van der Waals surface area contributed by atoms with Gasteiger partial charge in [0.25, 0.3) is 0 Å². The van der Waals surface area contributed by atoms with Crippen LogP contribution in [0.15, 0.2) is 0 Å². The van der Waals surface area contributed by atoms with E-state index in [9.17, 15) is 0 Å². The molecule has 0 radical (unpaired) electrons. The molecule has 2 rings (SSSR count). The lowest BCUT2D eigenvalue weighted by Gasteiger charge is -2.38. The first kappa shape index (κ1) is 14.3. The summed E-state index contributed by atoms with van der Waals surface area (Å²) in [4.78, 5) is 5.17. The zero-order chi connectivity index (χ0) is 12.8. The molecule has 1 saturated heterocycles. The molecule has 1 N–H and O–H groups in total. The summed E-state index contributed by atoms with van der Waals surface area (Å²) in [5.41, 5.74) is 0. The van der Waals surface area contributed by atoms with Gasteiger partial charge in [0.15, 0.2) is 0 Å². The average Bonchev–Trinajstić information content (AvgIpc) is 2.82. The molecule has 1 aliphatic carbocycles. The van der Waals surface area contributed by atoms with Gasteiger partial charge < -0.3 is 9.84 Å². The topological polar surface area (TPSA) is 35.9 Å². The van der Waals surface area contributed by atoms with Crippen molar-refractivity contribution in [2.45, 2.75) is 32.2 Å². The van der Waals surface area contributed by atoms with Crippen LogP contribution in [0.2, 0.25) is 0 Å². The largest absolute Gasteiger partial charge is 0.394 e. The predicted molar refractivity (Wildman–Crippen MR) is 72.7 cm³/mol. The molecule has 1 heterocycles.